The van der Waals surface area contributed by atoms with Crippen molar-refractivity contribution in [1.82, 2.24) is 15.3 Å². The molecule has 1 aromatic heterocycles. The Morgan fingerprint density at radius 3 is 2.70 bits per heavy atom. The van der Waals surface area contributed by atoms with Gasteiger partial charge in [-0.3, -0.25) is 0 Å². The summed E-state index contributed by atoms with van der Waals surface area (Å²) in [6, 6.07) is 0. The molecule has 108 valence electrons. The molecule has 0 amide bonds. The lowest BCUT2D eigenvalue weighted by Crippen LogP contribution is -2.44. The molecule has 4 nitrogen and oxygen atoms in total. The third-order valence-corrected chi connectivity index (χ3v) is 5.46. The average molecular weight is 272 g/mol. The smallest absolute Gasteiger partial charge is 0.225 e. The molecule has 3 aliphatic rings. The molecule has 4 heteroatoms. The first-order valence-corrected chi connectivity index (χ1v) is 8.15. The van der Waals surface area contributed by atoms with E-state index in [0.29, 0.717) is 5.41 Å². The van der Waals surface area contributed by atoms with Crippen molar-refractivity contribution in [2.75, 3.05) is 31.1 Å². The fraction of sp³-hybridized carbons (Fsp3) is 0.750. The van der Waals surface area contributed by atoms with Crippen LogP contribution in [0.15, 0.2) is 6.20 Å². The van der Waals surface area contributed by atoms with Gasteiger partial charge in [-0.25, -0.2) is 9.97 Å². The van der Waals surface area contributed by atoms with Crippen molar-refractivity contribution in [3.05, 3.63) is 17.5 Å². The Labute approximate surface area is 121 Å². The number of piperazine rings is 1. The van der Waals surface area contributed by atoms with E-state index >= 15 is 0 Å². The third kappa shape index (κ3) is 2.20. The summed E-state index contributed by atoms with van der Waals surface area (Å²) in [4.78, 5) is 11.9. The van der Waals surface area contributed by atoms with Gasteiger partial charge in [-0.05, 0) is 43.1 Å². The monoisotopic (exact) mass is 272 g/mol. The first kappa shape index (κ1) is 12.6. The van der Waals surface area contributed by atoms with Gasteiger partial charge in [-0.1, -0.05) is 12.8 Å². The molecule has 1 spiro atoms. The molecule has 2 heterocycles. The second-order valence-electron chi connectivity index (χ2n) is 6.76. The Balaban J connectivity index is 1.56. The van der Waals surface area contributed by atoms with Gasteiger partial charge < -0.3 is 10.2 Å². The van der Waals surface area contributed by atoms with Crippen molar-refractivity contribution in [3.63, 3.8) is 0 Å². The molecule has 1 N–H and O–H groups in total. The Bertz CT molecular complexity index is 487. The van der Waals surface area contributed by atoms with Crippen molar-refractivity contribution in [3.8, 4) is 0 Å². The minimum absolute atomic E-state index is 0.604. The molecular formula is C16H24N4. The topological polar surface area (TPSA) is 41.1 Å². The Morgan fingerprint density at radius 2 is 1.90 bits per heavy atom. The Hall–Kier alpha value is -1.16. The van der Waals surface area contributed by atoms with E-state index in [2.05, 4.69) is 21.4 Å². The molecule has 2 fully saturated rings. The normalized spacial score (nSPS) is 24.9. The quantitative estimate of drug-likeness (QED) is 0.848. The van der Waals surface area contributed by atoms with Gasteiger partial charge in [0.05, 0.1) is 0 Å². The highest BCUT2D eigenvalue weighted by Crippen LogP contribution is 2.47. The van der Waals surface area contributed by atoms with Gasteiger partial charge >= 0.3 is 0 Å². The van der Waals surface area contributed by atoms with E-state index in [1.54, 1.807) is 0 Å². The number of nitrogens with one attached hydrogen (secondary N) is 1. The molecule has 0 radical (unpaired) electrons. The molecule has 20 heavy (non-hydrogen) atoms. The molecule has 0 unspecified atom stereocenters. The number of fused-ring (bicyclic) bond motifs is 1. The summed E-state index contributed by atoms with van der Waals surface area (Å²) in [5.74, 6) is 0.952. The van der Waals surface area contributed by atoms with E-state index in [4.69, 9.17) is 4.98 Å². The van der Waals surface area contributed by atoms with E-state index < -0.39 is 0 Å². The average Bonchev–Trinajstić information content (AvgIpc) is 2.96. The van der Waals surface area contributed by atoms with Crippen LogP contribution in [0.2, 0.25) is 0 Å². The van der Waals surface area contributed by atoms with Gasteiger partial charge in [-0.2, -0.15) is 0 Å². The van der Waals surface area contributed by atoms with E-state index in [-0.39, 0.29) is 0 Å². The van der Waals surface area contributed by atoms with E-state index in [1.807, 2.05) is 0 Å². The number of aromatic nitrogens is 2. The van der Waals surface area contributed by atoms with Crippen LogP contribution in [0, 0.1) is 5.41 Å². The van der Waals surface area contributed by atoms with Crippen LogP contribution in [-0.2, 0) is 12.8 Å². The highest BCUT2D eigenvalue weighted by molar-refractivity contribution is 5.35. The maximum Gasteiger partial charge on any atom is 0.225 e. The molecule has 0 atom stereocenters. The largest absolute Gasteiger partial charge is 0.338 e. The minimum Gasteiger partial charge on any atom is -0.338 e. The molecule has 1 aromatic rings. The van der Waals surface area contributed by atoms with Crippen LogP contribution in [0.1, 0.15) is 43.4 Å². The molecule has 1 saturated heterocycles. The van der Waals surface area contributed by atoms with Crippen molar-refractivity contribution in [2.45, 2.75) is 44.9 Å². The summed E-state index contributed by atoms with van der Waals surface area (Å²) in [6.07, 6.45) is 11.6. The fourth-order valence-electron chi connectivity index (χ4n) is 4.24. The summed E-state index contributed by atoms with van der Waals surface area (Å²) in [6.45, 7) is 4.15. The molecule has 1 aliphatic heterocycles. The summed E-state index contributed by atoms with van der Waals surface area (Å²) < 4.78 is 0. The van der Waals surface area contributed by atoms with Crippen molar-refractivity contribution in [1.29, 1.82) is 0 Å². The van der Waals surface area contributed by atoms with E-state index in [1.165, 1.54) is 49.8 Å². The summed E-state index contributed by atoms with van der Waals surface area (Å²) in [5.41, 5.74) is 3.36. The minimum atomic E-state index is 0.604. The number of hydrogen-bond acceptors (Lipinski definition) is 4. The van der Waals surface area contributed by atoms with E-state index in [0.717, 1.165) is 38.5 Å². The zero-order chi connectivity index (χ0) is 13.4. The molecule has 1 saturated carbocycles. The summed E-state index contributed by atoms with van der Waals surface area (Å²) in [5, 5.41) is 3.38. The molecule has 0 bridgehead atoms. The van der Waals surface area contributed by atoms with Crippen LogP contribution in [0.5, 0.6) is 0 Å². The maximum absolute atomic E-state index is 4.88. The Morgan fingerprint density at radius 1 is 1.10 bits per heavy atom. The zero-order valence-electron chi connectivity index (χ0n) is 12.2. The van der Waals surface area contributed by atoms with Crippen LogP contribution in [0.25, 0.3) is 0 Å². The van der Waals surface area contributed by atoms with Crippen molar-refractivity contribution < 1.29 is 0 Å². The molecule has 4 rings (SSSR count). The molecular weight excluding hydrogens is 248 g/mol. The number of hydrogen-bond donors (Lipinski definition) is 1. The maximum atomic E-state index is 4.88. The third-order valence-electron chi connectivity index (χ3n) is 5.46. The predicted molar refractivity (Wildman–Crippen MR) is 80.0 cm³/mol. The second-order valence-corrected chi connectivity index (χ2v) is 6.76. The second kappa shape index (κ2) is 4.99. The first-order chi connectivity index (χ1) is 9.85. The number of anilines is 1. The highest BCUT2D eigenvalue weighted by Gasteiger charge is 2.37. The lowest BCUT2D eigenvalue weighted by atomic mass is 9.72. The summed E-state index contributed by atoms with van der Waals surface area (Å²) in [7, 11) is 0. The first-order valence-electron chi connectivity index (χ1n) is 8.15. The van der Waals surface area contributed by atoms with Gasteiger partial charge in [0.2, 0.25) is 5.95 Å². The lowest BCUT2D eigenvalue weighted by molar-refractivity contribution is 0.252. The van der Waals surface area contributed by atoms with Crippen LogP contribution in [0.4, 0.5) is 5.95 Å². The van der Waals surface area contributed by atoms with Crippen LogP contribution >= 0.6 is 0 Å². The lowest BCUT2D eigenvalue weighted by Gasteiger charge is -2.35. The number of aryl methyl sites for hydroxylation is 1. The van der Waals surface area contributed by atoms with Crippen molar-refractivity contribution in [2.24, 2.45) is 5.41 Å². The van der Waals surface area contributed by atoms with Crippen LogP contribution < -0.4 is 10.2 Å². The van der Waals surface area contributed by atoms with Gasteiger partial charge in [-0.15, -0.1) is 0 Å². The van der Waals surface area contributed by atoms with Crippen molar-refractivity contribution >= 4 is 5.95 Å². The van der Waals surface area contributed by atoms with Gasteiger partial charge in [0, 0.05) is 38.1 Å². The fourth-order valence-corrected chi connectivity index (χ4v) is 4.24. The standard InChI is InChI=1S/C16H24N4/c1-2-5-16(4-1)6-3-14-13(11-16)12-18-15(19-14)20-9-7-17-8-10-20/h12,17H,1-11H2. The number of rotatable bonds is 1. The van der Waals surface area contributed by atoms with Gasteiger partial charge in [0.1, 0.15) is 0 Å². The van der Waals surface area contributed by atoms with E-state index in [9.17, 15) is 0 Å². The Kier molecular flexibility index (Phi) is 3.14. The molecule has 2 aliphatic carbocycles. The van der Waals surface area contributed by atoms with Crippen LogP contribution in [0.3, 0.4) is 0 Å². The highest BCUT2D eigenvalue weighted by atomic mass is 15.3. The summed E-state index contributed by atoms with van der Waals surface area (Å²) >= 11 is 0. The molecule has 0 aromatic carbocycles. The number of nitrogens with zero attached hydrogens (tertiary/aromatic N) is 3. The van der Waals surface area contributed by atoms with Gasteiger partial charge in [0.15, 0.2) is 0 Å². The van der Waals surface area contributed by atoms with Crippen LogP contribution in [-0.4, -0.2) is 36.1 Å². The van der Waals surface area contributed by atoms with Gasteiger partial charge in [0.25, 0.3) is 0 Å². The predicted octanol–water partition coefficient (Wildman–Crippen LogP) is 1.94. The SMILES string of the molecule is c1nc(N2CCNCC2)nc2c1CC1(CCCC1)CC2. The zero-order valence-corrected chi connectivity index (χ0v) is 12.2.